The number of hydrogen-bond donors (Lipinski definition) is 1. The molecule has 1 fully saturated rings. The van der Waals surface area contributed by atoms with Gasteiger partial charge in [0.1, 0.15) is 0 Å². The maximum Gasteiger partial charge on any atom is 0.225 e. The summed E-state index contributed by atoms with van der Waals surface area (Å²) in [6.45, 7) is 8.60. The van der Waals surface area contributed by atoms with Gasteiger partial charge in [-0.3, -0.25) is 0 Å². The van der Waals surface area contributed by atoms with Crippen LogP contribution >= 0.6 is 0 Å². The zero-order valence-electron chi connectivity index (χ0n) is 15.7. The van der Waals surface area contributed by atoms with E-state index in [0.29, 0.717) is 6.04 Å². The molecule has 0 saturated carbocycles. The molecule has 1 aliphatic rings. The van der Waals surface area contributed by atoms with Crippen molar-refractivity contribution in [3.8, 4) is 11.3 Å². The fourth-order valence-electron chi connectivity index (χ4n) is 3.68. The lowest BCUT2D eigenvalue weighted by molar-refractivity contribution is 0.373. The third-order valence-electron chi connectivity index (χ3n) is 4.80. The van der Waals surface area contributed by atoms with Crippen LogP contribution in [0.15, 0.2) is 54.7 Å². The van der Waals surface area contributed by atoms with E-state index >= 15 is 0 Å². The lowest BCUT2D eigenvalue weighted by Gasteiger charge is -2.26. The van der Waals surface area contributed by atoms with E-state index in [9.17, 15) is 0 Å². The molecule has 134 valence electrons. The van der Waals surface area contributed by atoms with E-state index in [-0.39, 0.29) is 5.54 Å². The minimum atomic E-state index is 0.133. The summed E-state index contributed by atoms with van der Waals surface area (Å²) in [5.74, 6) is 0.828. The predicted octanol–water partition coefficient (Wildman–Crippen LogP) is 4.26. The van der Waals surface area contributed by atoms with Crippen molar-refractivity contribution in [2.45, 2.75) is 38.8 Å². The normalized spacial score (nSPS) is 17.8. The van der Waals surface area contributed by atoms with E-state index in [1.165, 1.54) is 10.8 Å². The van der Waals surface area contributed by atoms with Gasteiger partial charge in [0.05, 0.1) is 5.69 Å². The second-order valence-electron chi connectivity index (χ2n) is 8.13. The van der Waals surface area contributed by atoms with Gasteiger partial charge in [0, 0.05) is 36.4 Å². The topological polar surface area (TPSA) is 41.0 Å². The van der Waals surface area contributed by atoms with Gasteiger partial charge < -0.3 is 10.2 Å². The highest BCUT2D eigenvalue weighted by atomic mass is 15.3. The molecule has 2 aromatic carbocycles. The van der Waals surface area contributed by atoms with Gasteiger partial charge in [0.2, 0.25) is 5.95 Å². The highest BCUT2D eigenvalue weighted by molar-refractivity contribution is 5.86. The van der Waals surface area contributed by atoms with Crippen molar-refractivity contribution in [1.29, 1.82) is 0 Å². The van der Waals surface area contributed by atoms with Crippen LogP contribution in [0.5, 0.6) is 0 Å². The molecular formula is C22H26N4. The average Bonchev–Trinajstić information content (AvgIpc) is 3.08. The number of nitrogens with zero attached hydrogens (tertiary/aromatic N) is 3. The number of hydrogen-bond acceptors (Lipinski definition) is 4. The molecule has 0 spiro atoms. The first-order valence-corrected chi connectivity index (χ1v) is 9.33. The lowest BCUT2D eigenvalue weighted by Crippen LogP contribution is -2.45. The van der Waals surface area contributed by atoms with Crippen molar-refractivity contribution in [2.75, 3.05) is 18.0 Å². The van der Waals surface area contributed by atoms with Crippen LogP contribution in [0.4, 0.5) is 5.95 Å². The second kappa shape index (κ2) is 6.69. The number of fused-ring (bicyclic) bond motifs is 1. The molecule has 1 aromatic heterocycles. The number of anilines is 1. The number of benzene rings is 2. The van der Waals surface area contributed by atoms with Gasteiger partial charge >= 0.3 is 0 Å². The fourth-order valence-corrected chi connectivity index (χ4v) is 3.68. The summed E-state index contributed by atoms with van der Waals surface area (Å²) < 4.78 is 0. The van der Waals surface area contributed by atoms with Crippen LogP contribution in [0.3, 0.4) is 0 Å². The molecule has 0 amide bonds. The molecule has 0 bridgehead atoms. The van der Waals surface area contributed by atoms with Gasteiger partial charge in [-0.05, 0) is 50.1 Å². The van der Waals surface area contributed by atoms with Crippen molar-refractivity contribution < 1.29 is 0 Å². The van der Waals surface area contributed by atoms with Crippen LogP contribution in [0, 0.1) is 0 Å². The third kappa shape index (κ3) is 3.70. The highest BCUT2D eigenvalue weighted by Crippen LogP contribution is 2.25. The van der Waals surface area contributed by atoms with Crippen LogP contribution in [-0.4, -0.2) is 34.6 Å². The molecule has 1 saturated heterocycles. The Kier molecular flexibility index (Phi) is 4.37. The molecule has 26 heavy (non-hydrogen) atoms. The van der Waals surface area contributed by atoms with Gasteiger partial charge in [0.15, 0.2) is 0 Å². The third-order valence-corrected chi connectivity index (χ3v) is 4.80. The van der Waals surface area contributed by atoms with E-state index in [0.717, 1.165) is 36.7 Å². The van der Waals surface area contributed by atoms with Crippen LogP contribution < -0.4 is 10.2 Å². The Labute approximate surface area is 155 Å². The first-order valence-electron chi connectivity index (χ1n) is 9.33. The highest BCUT2D eigenvalue weighted by Gasteiger charge is 2.27. The summed E-state index contributed by atoms with van der Waals surface area (Å²) in [4.78, 5) is 11.7. The van der Waals surface area contributed by atoms with Gasteiger partial charge in [-0.25, -0.2) is 9.97 Å². The van der Waals surface area contributed by atoms with E-state index < -0.39 is 0 Å². The molecule has 4 heteroatoms. The number of nitrogens with one attached hydrogen (secondary N) is 1. The molecule has 3 aromatic rings. The fraction of sp³-hybridized carbons (Fsp3) is 0.364. The van der Waals surface area contributed by atoms with Crippen molar-refractivity contribution in [2.24, 2.45) is 0 Å². The number of aromatic nitrogens is 2. The maximum atomic E-state index is 4.85. The zero-order chi connectivity index (χ0) is 18.1. The predicted molar refractivity (Wildman–Crippen MR) is 108 cm³/mol. The van der Waals surface area contributed by atoms with Crippen LogP contribution in [-0.2, 0) is 0 Å². The van der Waals surface area contributed by atoms with Crippen molar-refractivity contribution in [3.63, 3.8) is 0 Å². The van der Waals surface area contributed by atoms with Crippen LogP contribution in [0.2, 0.25) is 0 Å². The van der Waals surface area contributed by atoms with Gasteiger partial charge in [-0.2, -0.15) is 0 Å². The van der Waals surface area contributed by atoms with Gasteiger partial charge in [-0.1, -0.05) is 36.4 Å². The minimum absolute atomic E-state index is 0.133. The smallest absolute Gasteiger partial charge is 0.225 e. The van der Waals surface area contributed by atoms with Gasteiger partial charge in [0.25, 0.3) is 0 Å². The molecule has 4 rings (SSSR count). The molecule has 4 nitrogen and oxygen atoms in total. The zero-order valence-corrected chi connectivity index (χ0v) is 15.7. The largest absolute Gasteiger partial charge is 0.339 e. The Morgan fingerprint density at radius 3 is 2.65 bits per heavy atom. The Morgan fingerprint density at radius 2 is 1.85 bits per heavy atom. The Bertz CT molecular complexity index is 913. The minimum Gasteiger partial charge on any atom is -0.339 e. The average molecular weight is 346 g/mol. The second-order valence-corrected chi connectivity index (χ2v) is 8.13. The summed E-state index contributed by atoms with van der Waals surface area (Å²) in [6, 6.07) is 17.4. The summed E-state index contributed by atoms with van der Waals surface area (Å²) in [5, 5.41) is 6.17. The molecule has 1 N–H and O–H groups in total. The molecule has 1 atom stereocenters. The molecule has 0 aliphatic carbocycles. The van der Waals surface area contributed by atoms with Crippen LogP contribution in [0.1, 0.15) is 27.2 Å². The SMILES string of the molecule is CC(C)(C)N[C@H]1CCN(c2nccc(-c3ccc4ccccc4c3)n2)C1. The first-order chi connectivity index (χ1) is 12.5. The van der Waals surface area contributed by atoms with E-state index in [4.69, 9.17) is 4.98 Å². The van der Waals surface area contributed by atoms with Crippen molar-refractivity contribution in [3.05, 3.63) is 54.7 Å². The summed E-state index contributed by atoms with van der Waals surface area (Å²) in [6.07, 6.45) is 3.00. The molecule has 1 aliphatic heterocycles. The quantitative estimate of drug-likeness (QED) is 0.769. The Hall–Kier alpha value is -2.46. The molecule has 0 radical (unpaired) electrons. The van der Waals surface area contributed by atoms with Crippen molar-refractivity contribution in [1.82, 2.24) is 15.3 Å². The Morgan fingerprint density at radius 1 is 1.04 bits per heavy atom. The molecule has 0 unspecified atom stereocenters. The number of rotatable bonds is 3. The Balaban J connectivity index is 1.57. The maximum absolute atomic E-state index is 4.85. The lowest BCUT2D eigenvalue weighted by atomic mass is 10.1. The molecular weight excluding hydrogens is 320 g/mol. The molecule has 2 heterocycles. The first kappa shape index (κ1) is 17.0. The standard InChI is InChI=1S/C22H26N4/c1-22(2,3)25-19-11-13-26(15-19)21-23-12-10-20(24-21)18-9-8-16-6-4-5-7-17(16)14-18/h4-10,12,14,19,25H,11,13,15H2,1-3H3/t19-/m0/s1. The van der Waals surface area contributed by atoms with Crippen molar-refractivity contribution >= 4 is 16.7 Å². The van der Waals surface area contributed by atoms with Crippen LogP contribution in [0.25, 0.3) is 22.0 Å². The van der Waals surface area contributed by atoms with Gasteiger partial charge in [-0.15, -0.1) is 0 Å². The van der Waals surface area contributed by atoms with E-state index in [1.807, 2.05) is 12.3 Å². The van der Waals surface area contributed by atoms with E-state index in [2.05, 4.69) is 78.4 Å². The monoisotopic (exact) mass is 346 g/mol. The van der Waals surface area contributed by atoms with E-state index in [1.54, 1.807) is 0 Å². The summed E-state index contributed by atoms with van der Waals surface area (Å²) in [7, 11) is 0. The summed E-state index contributed by atoms with van der Waals surface area (Å²) >= 11 is 0. The summed E-state index contributed by atoms with van der Waals surface area (Å²) in [5.41, 5.74) is 2.25.